The zero-order valence-electron chi connectivity index (χ0n) is 18.9. The molecule has 11 nitrogen and oxygen atoms in total. The SMILES string of the molecule is O=C(Cc1cccc(-c2cc(Nc3ccc(C(=O)N4CCOCC4)cn3)c(=O)[nH]n2)c1)OCCO. The third kappa shape index (κ3) is 6.28. The van der Waals surface area contributed by atoms with Crippen LogP contribution in [-0.2, 0) is 20.7 Å². The number of morpholine rings is 1. The summed E-state index contributed by atoms with van der Waals surface area (Å²) in [6.45, 7) is 1.83. The van der Waals surface area contributed by atoms with Crippen LogP contribution in [0.4, 0.5) is 11.5 Å². The largest absolute Gasteiger partial charge is 0.463 e. The fraction of sp³-hybridized carbons (Fsp3) is 0.292. The second-order valence-electron chi connectivity index (χ2n) is 7.78. The standard InChI is InChI=1S/C24H25N5O6/c30-8-11-35-22(31)13-16-2-1-3-17(12-16)19-14-20(23(32)28-27-19)26-21-5-4-18(15-25-21)24(33)29-6-9-34-10-7-29/h1-5,12,14-15,30H,6-11,13H2,(H,28,32)(H,25,26,27). The van der Waals surface area contributed by atoms with Crippen molar-refractivity contribution in [3.8, 4) is 11.3 Å². The number of ether oxygens (including phenoxy) is 2. The smallest absolute Gasteiger partial charge is 0.310 e. The predicted molar refractivity (Wildman–Crippen MR) is 126 cm³/mol. The van der Waals surface area contributed by atoms with Crippen LogP contribution >= 0.6 is 0 Å². The van der Waals surface area contributed by atoms with Crippen molar-refractivity contribution in [1.29, 1.82) is 0 Å². The third-order valence-electron chi connectivity index (χ3n) is 5.30. The number of rotatable bonds is 8. The van der Waals surface area contributed by atoms with Crippen LogP contribution in [0.5, 0.6) is 0 Å². The summed E-state index contributed by atoms with van der Waals surface area (Å²) in [7, 11) is 0. The Morgan fingerprint density at radius 3 is 2.74 bits per heavy atom. The van der Waals surface area contributed by atoms with Crippen LogP contribution in [0.15, 0.2) is 53.5 Å². The number of carbonyl (C=O) groups is 2. The van der Waals surface area contributed by atoms with Gasteiger partial charge in [0.1, 0.15) is 18.1 Å². The molecule has 1 saturated heterocycles. The number of amides is 1. The average Bonchev–Trinajstić information content (AvgIpc) is 2.89. The number of esters is 1. The molecule has 3 aromatic rings. The summed E-state index contributed by atoms with van der Waals surface area (Å²) >= 11 is 0. The number of hydrogen-bond donors (Lipinski definition) is 3. The molecule has 182 valence electrons. The van der Waals surface area contributed by atoms with Crippen LogP contribution in [0.2, 0.25) is 0 Å². The first-order valence-electron chi connectivity index (χ1n) is 11.1. The number of aromatic amines is 1. The molecular formula is C24H25N5O6. The van der Waals surface area contributed by atoms with E-state index in [-0.39, 0.29) is 31.2 Å². The summed E-state index contributed by atoms with van der Waals surface area (Å²) < 4.78 is 10.2. The third-order valence-corrected chi connectivity index (χ3v) is 5.30. The van der Waals surface area contributed by atoms with E-state index in [9.17, 15) is 14.4 Å². The lowest BCUT2D eigenvalue weighted by Crippen LogP contribution is -2.40. The van der Waals surface area contributed by atoms with Crippen molar-refractivity contribution < 1.29 is 24.2 Å². The Bertz CT molecular complexity index is 1240. The van der Waals surface area contributed by atoms with Gasteiger partial charge in [0.25, 0.3) is 11.5 Å². The highest BCUT2D eigenvalue weighted by atomic mass is 16.5. The average molecular weight is 479 g/mol. The minimum atomic E-state index is -0.449. The number of benzene rings is 1. The lowest BCUT2D eigenvalue weighted by molar-refractivity contribution is -0.143. The summed E-state index contributed by atoms with van der Waals surface area (Å²) in [5, 5.41) is 18.3. The number of H-pyrrole nitrogens is 1. The molecule has 3 heterocycles. The topological polar surface area (TPSA) is 147 Å². The maximum atomic E-state index is 12.6. The van der Waals surface area contributed by atoms with Gasteiger partial charge in [-0.25, -0.2) is 10.1 Å². The Morgan fingerprint density at radius 1 is 1.17 bits per heavy atom. The summed E-state index contributed by atoms with van der Waals surface area (Å²) in [5.74, 6) is -0.169. The van der Waals surface area contributed by atoms with E-state index >= 15 is 0 Å². The minimum absolute atomic E-state index is 0.0434. The Morgan fingerprint density at radius 2 is 2.00 bits per heavy atom. The molecule has 35 heavy (non-hydrogen) atoms. The molecule has 0 radical (unpaired) electrons. The molecular weight excluding hydrogens is 454 g/mol. The van der Waals surface area contributed by atoms with E-state index in [1.165, 1.54) is 6.20 Å². The van der Waals surface area contributed by atoms with E-state index in [2.05, 4.69) is 20.5 Å². The molecule has 0 aliphatic carbocycles. The molecule has 4 rings (SSSR count). The molecule has 3 N–H and O–H groups in total. The summed E-state index contributed by atoms with van der Waals surface area (Å²) in [6, 6.07) is 12.0. The van der Waals surface area contributed by atoms with Crippen LogP contribution in [0.25, 0.3) is 11.3 Å². The highest BCUT2D eigenvalue weighted by molar-refractivity contribution is 5.94. The monoisotopic (exact) mass is 479 g/mol. The van der Waals surface area contributed by atoms with Gasteiger partial charge in [0, 0.05) is 24.8 Å². The van der Waals surface area contributed by atoms with E-state index in [4.69, 9.17) is 14.6 Å². The zero-order chi connectivity index (χ0) is 24.6. The maximum absolute atomic E-state index is 12.6. The number of hydrogen-bond acceptors (Lipinski definition) is 9. The van der Waals surface area contributed by atoms with Crippen molar-refractivity contribution >= 4 is 23.4 Å². The molecule has 1 aliphatic rings. The molecule has 1 aliphatic heterocycles. The lowest BCUT2D eigenvalue weighted by atomic mass is 10.1. The second-order valence-corrected chi connectivity index (χ2v) is 7.78. The van der Waals surface area contributed by atoms with Crippen LogP contribution in [-0.4, -0.2) is 76.6 Å². The molecule has 1 fully saturated rings. The Labute approximate surface area is 200 Å². The van der Waals surface area contributed by atoms with Gasteiger partial charge in [-0.1, -0.05) is 18.2 Å². The number of carbonyl (C=O) groups excluding carboxylic acids is 2. The van der Waals surface area contributed by atoms with Gasteiger partial charge in [-0.05, 0) is 29.8 Å². The van der Waals surface area contributed by atoms with Gasteiger partial charge in [-0.3, -0.25) is 14.4 Å². The molecule has 1 amide bonds. The van der Waals surface area contributed by atoms with E-state index < -0.39 is 11.5 Å². The van der Waals surface area contributed by atoms with Gasteiger partial charge in [-0.2, -0.15) is 5.10 Å². The van der Waals surface area contributed by atoms with Gasteiger partial charge in [-0.15, -0.1) is 0 Å². The highest BCUT2D eigenvalue weighted by Gasteiger charge is 2.19. The minimum Gasteiger partial charge on any atom is -0.463 e. The number of pyridine rings is 1. The van der Waals surface area contributed by atoms with Crippen molar-refractivity contribution in [2.45, 2.75) is 6.42 Å². The molecule has 1 aromatic carbocycles. The fourth-order valence-electron chi connectivity index (χ4n) is 3.55. The second kappa shape index (κ2) is 11.4. The first kappa shape index (κ1) is 24.0. The fourth-order valence-corrected chi connectivity index (χ4v) is 3.55. The molecule has 2 aromatic heterocycles. The van der Waals surface area contributed by atoms with E-state index in [0.717, 1.165) is 0 Å². The summed E-state index contributed by atoms with van der Waals surface area (Å²) in [5.41, 5.74) is 2.12. The first-order valence-corrected chi connectivity index (χ1v) is 11.1. The van der Waals surface area contributed by atoms with Crippen molar-refractivity contribution in [3.63, 3.8) is 0 Å². The predicted octanol–water partition coefficient (Wildman–Crippen LogP) is 1.13. The van der Waals surface area contributed by atoms with Crippen LogP contribution in [0.1, 0.15) is 15.9 Å². The van der Waals surface area contributed by atoms with Gasteiger partial charge in [0.15, 0.2) is 0 Å². The van der Waals surface area contributed by atoms with Gasteiger partial charge in [0.2, 0.25) is 0 Å². The molecule has 0 saturated carbocycles. The van der Waals surface area contributed by atoms with Crippen molar-refractivity contribution in [1.82, 2.24) is 20.1 Å². The Hall–Kier alpha value is -4.09. The number of nitrogens with zero attached hydrogens (tertiary/aromatic N) is 3. The Balaban J connectivity index is 1.47. The van der Waals surface area contributed by atoms with Gasteiger partial charge >= 0.3 is 5.97 Å². The maximum Gasteiger partial charge on any atom is 0.310 e. The molecule has 0 unspecified atom stereocenters. The van der Waals surface area contributed by atoms with E-state index in [1.807, 2.05) is 0 Å². The number of aromatic nitrogens is 3. The number of aliphatic hydroxyl groups is 1. The molecule has 0 atom stereocenters. The number of aliphatic hydroxyl groups excluding tert-OH is 1. The van der Waals surface area contributed by atoms with E-state index in [0.29, 0.717) is 54.5 Å². The van der Waals surface area contributed by atoms with Crippen LogP contribution in [0, 0.1) is 0 Å². The molecule has 11 heteroatoms. The van der Waals surface area contributed by atoms with Crippen LogP contribution in [0.3, 0.4) is 0 Å². The summed E-state index contributed by atoms with van der Waals surface area (Å²) in [4.78, 5) is 42.7. The lowest BCUT2D eigenvalue weighted by Gasteiger charge is -2.26. The highest BCUT2D eigenvalue weighted by Crippen LogP contribution is 2.21. The van der Waals surface area contributed by atoms with Crippen molar-refractivity contribution in [2.24, 2.45) is 0 Å². The van der Waals surface area contributed by atoms with Crippen molar-refractivity contribution in [2.75, 3.05) is 44.8 Å². The van der Waals surface area contributed by atoms with Gasteiger partial charge < -0.3 is 24.8 Å². The van der Waals surface area contributed by atoms with Gasteiger partial charge in [0.05, 0.1) is 37.5 Å². The number of anilines is 2. The van der Waals surface area contributed by atoms with Crippen LogP contribution < -0.4 is 10.9 Å². The normalized spacial score (nSPS) is 13.3. The number of nitrogens with one attached hydrogen (secondary N) is 2. The first-order chi connectivity index (χ1) is 17.0. The molecule has 0 bridgehead atoms. The molecule has 0 spiro atoms. The Kier molecular flexibility index (Phi) is 7.81. The van der Waals surface area contributed by atoms with Crippen molar-refractivity contribution in [3.05, 3.63) is 70.1 Å². The quantitative estimate of drug-likeness (QED) is 0.405. The van der Waals surface area contributed by atoms with E-state index in [1.54, 1.807) is 47.4 Å². The summed E-state index contributed by atoms with van der Waals surface area (Å²) in [6.07, 6.45) is 1.51. The zero-order valence-corrected chi connectivity index (χ0v) is 18.9.